The lowest BCUT2D eigenvalue weighted by Gasteiger charge is -2.32. The van der Waals surface area contributed by atoms with Crippen LogP contribution in [0.3, 0.4) is 0 Å². The predicted molar refractivity (Wildman–Crippen MR) is 105 cm³/mol. The number of carbonyl (C=O) groups is 3. The lowest BCUT2D eigenvalue weighted by Crippen LogP contribution is -2.49. The van der Waals surface area contributed by atoms with Crippen LogP contribution in [-0.2, 0) is 19.4 Å². The van der Waals surface area contributed by atoms with E-state index >= 15 is 0 Å². The van der Waals surface area contributed by atoms with Gasteiger partial charge >= 0.3 is 18.0 Å². The molecular weight excluding hydrogens is 402 g/mol. The molecule has 1 saturated heterocycles. The molecule has 0 aliphatic carbocycles. The number of benzene rings is 1. The van der Waals surface area contributed by atoms with Crippen molar-refractivity contribution in [2.24, 2.45) is 5.73 Å². The van der Waals surface area contributed by atoms with Gasteiger partial charge in [-0.1, -0.05) is 18.2 Å². The molecule has 5 N–H and O–H groups in total. The minimum Gasteiger partial charge on any atom is -0.478 e. The third kappa shape index (κ3) is 8.32. The fourth-order valence-electron chi connectivity index (χ4n) is 2.61. The van der Waals surface area contributed by atoms with E-state index in [4.69, 9.17) is 15.9 Å². The summed E-state index contributed by atoms with van der Waals surface area (Å²) in [5, 5.41) is 17.8. The molecule has 0 bridgehead atoms. The third-order valence-corrected chi connectivity index (χ3v) is 6.16. The summed E-state index contributed by atoms with van der Waals surface area (Å²) in [5.41, 5.74) is 5.35. The molecule has 1 aromatic carbocycles. The lowest BCUT2D eigenvalue weighted by atomic mass is 10.1. The predicted octanol–water partition coefficient (Wildman–Crippen LogP) is 0.305. The largest absolute Gasteiger partial charge is 0.478 e. The number of likely N-dealkylation sites (tertiary alicyclic amines) is 1. The van der Waals surface area contributed by atoms with Gasteiger partial charge < -0.3 is 26.2 Å². The van der Waals surface area contributed by atoms with Gasteiger partial charge in [-0.3, -0.25) is 0 Å². The van der Waals surface area contributed by atoms with Crippen LogP contribution in [0.15, 0.2) is 47.4 Å². The van der Waals surface area contributed by atoms with Crippen molar-refractivity contribution in [3.63, 3.8) is 0 Å². The number of hydrogen-bond acceptors (Lipinski definition) is 6. The number of piperidine rings is 1. The van der Waals surface area contributed by atoms with Crippen molar-refractivity contribution in [1.29, 1.82) is 0 Å². The van der Waals surface area contributed by atoms with Crippen molar-refractivity contribution in [2.75, 3.05) is 26.2 Å². The lowest BCUT2D eigenvalue weighted by molar-refractivity contribution is -0.134. The van der Waals surface area contributed by atoms with Gasteiger partial charge in [-0.2, -0.15) is 0 Å². The summed E-state index contributed by atoms with van der Waals surface area (Å²) < 4.78 is 25.2. The number of sulfone groups is 1. The second kappa shape index (κ2) is 11.8. The first-order valence-electron chi connectivity index (χ1n) is 8.84. The highest BCUT2D eigenvalue weighted by molar-refractivity contribution is 7.92. The fraction of sp³-hybridized carbons (Fsp3) is 0.389. The molecule has 1 aliphatic heterocycles. The van der Waals surface area contributed by atoms with E-state index in [2.05, 4.69) is 5.32 Å². The number of carboxylic acids is 2. The number of carbonyl (C=O) groups excluding carboxylic acids is 1. The van der Waals surface area contributed by atoms with Crippen molar-refractivity contribution in [2.45, 2.75) is 23.0 Å². The Morgan fingerprint density at radius 2 is 1.72 bits per heavy atom. The molecule has 0 radical (unpaired) electrons. The number of hydrogen-bond donors (Lipinski definition) is 4. The molecule has 1 unspecified atom stereocenters. The summed E-state index contributed by atoms with van der Waals surface area (Å²) in [4.78, 5) is 32.9. The van der Waals surface area contributed by atoms with E-state index in [1.165, 1.54) is 0 Å². The molecule has 0 aromatic heterocycles. The zero-order valence-corrected chi connectivity index (χ0v) is 16.5. The van der Waals surface area contributed by atoms with Crippen molar-refractivity contribution in [1.82, 2.24) is 10.2 Å². The Bertz CT molecular complexity index is 809. The molecule has 1 aliphatic rings. The first kappa shape index (κ1) is 24.1. The highest BCUT2D eigenvalue weighted by Crippen LogP contribution is 2.23. The van der Waals surface area contributed by atoms with Crippen molar-refractivity contribution < 1.29 is 33.0 Å². The van der Waals surface area contributed by atoms with Crippen LogP contribution in [0.5, 0.6) is 0 Å². The van der Waals surface area contributed by atoms with Crippen molar-refractivity contribution in [3.05, 3.63) is 42.5 Å². The maximum absolute atomic E-state index is 12.6. The molecular formula is C18H25N3O7S. The van der Waals surface area contributed by atoms with Crippen LogP contribution in [0.1, 0.15) is 12.8 Å². The van der Waals surface area contributed by atoms with Crippen LogP contribution < -0.4 is 11.1 Å². The zero-order valence-electron chi connectivity index (χ0n) is 15.7. The molecule has 0 spiro atoms. The standard InChI is InChI=1S/C14H21N3O3S.C4H4O4/c15-8-9-16-14(18)17-10-4-7-13(11-17)21(19,20)12-5-2-1-3-6-12;5-3(6)1-2-4(7)8/h1-3,5-6,13H,4,7-11,15H2,(H,16,18);1-2H,(H,5,6)(H,7,8)/b;2-1-. The number of amides is 2. The van der Waals surface area contributed by atoms with Gasteiger partial charge in [0.15, 0.2) is 9.84 Å². The smallest absolute Gasteiger partial charge is 0.328 e. The molecule has 2 amide bonds. The Balaban J connectivity index is 0.000000447. The van der Waals surface area contributed by atoms with E-state index in [0.29, 0.717) is 49.5 Å². The van der Waals surface area contributed by atoms with Crippen molar-refractivity contribution >= 4 is 27.8 Å². The minimum absolute atomic E-state index is 0.230. The summed E-state index contributed by atoms with van der Waals surface area (Å²) in [6.45, 7) is 1.57. The molecule has 0 saturated carbocycles. The maximum atomic E-state index is 12.6. The highest BCUT2D eigenvalue weighted by atomic mass is 32.2. The SMILES string of the molecule is NCCNC(=O)N1CCCC(S(=O)(=O)c2ccccc2)C1.O=C(O)/C=C\C(=O)O. The van der Waals surface area contributed by atoms with E-state index in [1.54, 1.807) is 35.2 Å². The number of nitrogens with two attached hydrogens (primary N) is 1. The van der Waals surface area contributed by atoms with Gasteiger partial charge in [0.2, 0.25) is 0 Å². The van der Waals surface area contributed by atoms with Crippen molar-refractivity contribution in [3.8, 4) is 0 Å². The Hall–Kier alpha value is -2.92. The number of carboxylic acid groups (broad SMARTS) is 2. The molecule has 29 heavy (non-hydrogen) atoms. The highest BCUT2D eigenvalue weighted by Gasteiger charge is 2.33. The van der Waals surface area contributed by atoms with Gasteiger partial charge in [0, 0.05) is 38.3 Å². The Labute approximate surface area is 168 Å². The number of nitrogens with one attached hydrogen (secondary N) is 1. The second-order valence-electron chi connectivity index (χ2n) is 6.10. The molecule has 160 valence electrons. The van der Waals surface area contributed by atoms with E-state index < -0.39 is 27.0 Å². The van der Waals surface area contributed by atoms with Crippen LogP contribution in [0.4, 0.5) is 4.79 Å². The average Bonchev–Trinajstić information content (AvgIpc) is 2.71. The van der Waals surface area contributed by atoms with Gasteiger partial charge in [-0.25, -0.2) is 22.8 Å². The summed E-state index contributed by atoms with van der Waals surface area (Å²) in [6, 6.07) is 8.16. The second-order valence-corrected chi connectivity index (χ2v) is 8.33. The Morgan fingerprint density at radius 1 is 1.14 bits per heavy atom. The normalized spacial score (nSPS) is 16.6. The molecule has 1 heterocycles. The third-order valence-electron chi connectivity index (χ3n) is 3.96. The van der Waals surface area contributed by atoms with Gasteiger partial charge in [0.25, 0.3) is 0 Å². The summed E-state index contributed by atoms with van der Waals surface area (Å²) in [6.07, 6.45) is 2.38. The topological polar surface area (TPSA) is 167 Å². The first-order valence-corrected chi connectivity index (χ1v) is 10.4. The van der Waals surface area contributed by atoms with Gasteiger partial charge in [0.05, 0.1) is 10.1 Å². The van der Waals surface area contributed by atoms with Gasteiger partial charge in [-0.15, -0.1) is 0 Å². The monoisotopic (exact) mass is 427 g/mol. The maximum Gasteiger partial charge on any atom is 0.328 e. The number of rotatable bonds is 6. The van der Waals surface area contributed by atoms with Crippen LogP contribution in [0.2, 0.25) is 0 Å². The zero-order chi connectivity index (χ0) is 21.9. The van der Waals surface area contributed by atoms with E-state index in [0.717, 1.165) is 0 Å². The number of nitrogens with zero attached hydrogens (tertiary/aromatic N) is 1. The first-order chi connectivity index (χ1) is 13.7. The molecule has 11 heteroatoms. The summed E-state index contributed by atoms with van der Waals surface area (Å²) in [5.74, 6) is -2.51. The number of urea groups is 1. The molecule has 1 atom stereocenters. The van der Waals surface area contributed by atoms with Crippen LogP contribution >= 0.6 is 0 Å². The Kier molecular flexibility index (Phi) is 9.83. The Morgan fingerprint density at radius 3 is 2.24 bits per heavy atom. The summed E-state index contributed by atoms with van der Waals surface area (Å²) >= 11 is 0. The van der Waals surface area contributed by atoms with Gasteiger partial charge in [-0.05, 0) is 25.0 Å². The van der Waals surface area contributed by atoms with E-state index in [-0.39, 0.29) is 12.6 Å². The van der Waals surface area contributed by atoms with Crippen LogP contribution in [0.25, 0.3) is 0 Å². The quantitative estimate of drug-likeness (QED) is 0.470. The molecule has 1 fully saturated rings. The molecule has 10 nitrogen and oxygen atoms in total. The molecule has 1 aromatic rings. The molecule has 2 rings (SSSR count). The van der Waals surface area contributed by atoms with E-state index in [9.17, 15) is 22.8 Å². The van der Waals surface area contributed by atoms with Crippen LogP contribution in [-0.4, -0.2) is 72.9 Å². The van der Waals surface area contributed by atoms with Gasteiger partial charge in [0.1, 0.15) is 0 Å². The average molecular weight is 427 g/mol. The van der Waals surface area contributed by atoms with E-state index in [1.807, 2.05) is 0 Å². The number of aliphatic carboxylic acids is 2. The fourth-order valence-corrected chi connectivity index (χ4v) is 4.39. The van der Waals surface area contributed by atoms with Crippen LogP contribution in [0, 0.1) is 0 Å². The summed E-state index contributed by atoms with van der Waals surface area (Å²) in [7, 11) is -3.40. The minimum atomic E-state index is -3.40.